The molecule has 0 saturated carbocycles. The van der Waals surface area contributed by atoms with E-state index >= 15 is 0 Å². The van der Waals surface area contributed by atoms with Crippen LogP contribution in [-0.4, -0.2) is 21.7 Å². The molecule has 0 aliphatic heterocycles. The maximum absolute atomic E-state index is 12.7. The number of hydrogen-bond acceptors (Lipinski definition) is 4. The average Bonchev–Trinajstić information content (AvgIpc) is 3.13. The van der Waals surface area contributed by atoms with Crippen LogP contribution in [-0.2, 0) is 10.9 Å². The van der Waals surface area contributed by atoms with Crippen molar-refractivity contribution >= 4 is 11.8 Å². The van der Waals surface area contributed by atoms with Crippen molar-refractivity contribution in [3.63, 3.8) is 0 Å². The molecule has 3 rings (SSSR count). The second-order valence-electron chi connectivity index (χ2n) is 7.42. The standard InChI is InChI=1S/C21H20F3N3O3/c1-20(2,3)30-19(28)26-14-7-9-15(10-8-14)29-16-6-4-5-13(11-16)18-25-12-17(27-18)21(22,23)24/h4-12H,1-3H3,(H,25,27)(H,26,28). The van der Waals surface area contributed by atoms with Crippen molar-refractivity contribution in [2.24, 2.45) is 0 Å². The molecule has 1 aromatic heterocycles. The molecule has 0 atom stereocenters. The van der Waals surface area contributed by atoms with Crippen molar-refractivity contribution in [1.82, 2.24) is 9.97 Å². The monoisotopic (exact) mass is 419 g/mol. The van der Waals surface area contributed by atoms with E-state index in [9.17, 15) is 18.0 Å². The van der Waals surface area contributed by atoms with Gasteiger partial charge in [-0.1, -0.05) is 12.1 Å². The van der Waals surface area contributed by atoms with E-state index in [4.69, 9.17) is 9.47 Å². The smallest absolute Gasteiger partial charge is 0.432 e. The molecule has 0 unspecified atom stereocenters. The molecule has 1 amide bonds. The first-order valence-electron chi connectivity index (χ1n) is 9.00. The Labute approximate surface area is 171 Å². The second kappa shape index (κ2) is 8.10. The summed E-state index contributed by atoms with van der Waals surface area (Å²) in [4.78, 5) is 17.8. The lowest BCUT2D eigenvalue weighted by molar-refractivity contribution is -0.140. The van der Waals surface area contributed by atoms with Crippen LogP contribution in [0.3, 0.4) is 0 Å². The minimum absolute atomic E-state index is 0.0877. The van der Waals surface area contributed by atoms with Gasteiger partial charge in [-0.15, -0.1) is 0 Å². The summed E-state index contributed by atoms with van der Waals surface area (Å²) < 4.78 is 49.2. The molecule has 0 saturated heterocycles. The Morgan fingerprint density at radius 3 is 2.33 bits per heavy atom. The number of aromatic nitrogens is 2. The zero-order valence-corrected chi connectivity index (χ0v) is 16.5. The summed E-state index contributed by atoms with van der Waals surface area (Å²) in [6.45, 7) is 5.30. The topological polar surface area (TPSA) is 76.2 Å². The van der Waals surface area contributed by atoms with E-state index in [2.05, 4.69) is 15.3 Å². The number of rotatable bonds is 4. The number of anilines is 1. The first-order chi connectivity index (χ1) is 14.0. The molecule has 6 nitrogen and oxygen atoms in total. The van der Waals surface area contributed by atoms with E-state index in [0.717, 1.165) is 6.20 Å². The van der Waals surface area contributed by atoms with Gasteiger partial charge in [0.05, 0.1) is 6.20 Å². The van der Waals surface area contributed by atoms with Gasteiger partial charge in [0.25, 0.3) is 0 Å². The van der Waals surface area contributed by atoms with E-state index < -0.39 is 23.6 Å². The summed E-state index contributed by atoms with van der Waals surface area (Å²) in [5.74, 6) is 0.993. The van der Waals surface area contributed by atoms with Crippen LogP contribution in [0, 0.1) is 0 Å². The summed E-state index contributed by atoms with van der Waals surface area (Å²) in [6, 6.07) is 13.1. The van der Waals surface area contributed by atoms with Crippen molar-refractivity contribution in [2.75, 3.05) is 5.32 Å². The largest absolute Gasteiger partial charge is 0.457 e. The van der Waals surface area contributed by atoms with Crippen molar-refractivity contribution in [1.29, 1.82) is 0 Å². The molecule has 0 aliphatic carbocycles. The summed E-state index contributed by atoms with van der Waals surface area (Å²) in [7, 11) is 0. The summed E-state index contributed by atoms with van der Waals surface area (Å²) in [5.41, 5.74) is -0.545. The number of nitrogens with one attached hydrogen (secondary N) is 2. The number of carbonyl (C=O) groups excluding carboxylic acids is 1. The third-order valence-corrected chi connectivity index (χ3v) is 3.72. The lowest BCUT2D eigenvalue weighted by atomic mass is 10.2. The van der Waals surface area contributed by atoms with Crippen molar-refractivity contribution in [2.45, 2.75) is 32.5 Å². The normalized spacial score (nSPS) is 11.8. The minimum Gasteiger partial charge on any atom is -0.457 e. The highest BCUT2D eigenvalue weighted by Gasteiger charge is 2.33. The Morgan fingerprint density at radius 1 is 1.03 bits per heavy atom. The number of amides is 1. The van der Waals surface area contributed by atoms with E-state index in [1.165, 1.54) is 0 Å². The third-order valence-electron chi connectivity index (χ3n) is 3.72. The molecule has 0 radical (unpaired) electrons. The molecular weight excluding hydrogens is 399 g/mol. The lowest BCUT2D eigenvalue weighted by Gasteiger charge is -2.19. The van der Waals surface area contributed by atoms with Gasteiger partial charge in [0.2, 0.25) is 0 Å². The number of alkyl halides is 3. The van der Waals surface area contributed by atoms with Gasteiger partial charge < -0.3 is 14.5 Å². The molecular formula is C21H20F3N3O3. The predicted molar refractivity (Wildman–Crippen MR) is 105 cm³/mol. The Hall–Kier alpha value is -3.49. The Morgan fingerprint density at radius 2 is 1.73 bits per heavy atom. The van der Waals surface area contributed by atoms with Crippen LogP contribution in [0.25, 0.3) is 11.4 Å². The number of aromatic amines is 1. The molecule has 2 aromatic carbocycles. The fraction of sp³-hybridized carbons (Fsp3) is 0.238. The van der Waals surface area contributed by atoms with Gasteiger partial charge in [-0.25, -0.2) is 9.78 Å². The van der Waals surface area contributed by atoms with Crippen molar-refractivity contribution < 1.29 is 27.4 Å². The SMILES string of the molecule is CC(C)(C)OC(=O)Nc1ccc(Oc2cccc(-c3ncc(C(F)(F)F)[nH]3)c2)cc1. The third kappa shape index (κ3) is 5.76. The van der Waals surface area contributed by atoms with Gasteiger partial charge >= 0.3 is 12.3 Å². The predicted octanol–water partition coefficient (Wildman–Crippen LogP) is 6.23. The highest BCUT2D eigenvalue weighted by molar-refractivity contribution is 5.84. The zero-order chi connectivity index (χ0) is 21.9. The van der Waals surface area contributed by atoms with Gasteiger partial charge in [0.15, 0.2) is 0 Å². The highest BCUT2D eigenvalue weighted by Crippen LogP contribution is 2.31. The molecule has 9 heteroatoms. The number of halogens is 3. The summed E-state index contributed by atoms with van der Waals surface area (Å²) in [5, 5.41) is 2.61. The van der Waals surface area contributed by atoms with Gasteiger partial charge in [-0.3, -0.25) is 5.32 Å². The number of nitrogens with zero attached hydrogens (tertiary/aromatic N) is 1. The fourth-order valence-electron chi connectivity index (χ4n) is 2.48. The Bertz CT molecular complexity index is 1020. The maximum atomic E-state index is 12.7. The second-order valence-corrected chi connectivity index (χ2v) is 7.42. The fourth-order valence-corrected chi connectivity index (χ4v) is 2.48. The molecule has 0 spiro atoms. The zero-order valence-electron chi connectivity index (χ0n) is 16.5. The van der Waals surface area contributed by atoms with Crippen molar-refractivity contribution in [3.8, 4) is 22.9 Å². The van der Waals surface area contributed by atoms with E-state index in [1.807, 2.05) is 0 Å². The van der Waals surface area contributed by atoms with Gasteiger partial charge in [-0.2, -0.15) is 13.2 Å². The number of H-pyrrole nitrogens is 1. The number of hydrogen-bond donors (Lipinski definition) is 2. The molecule has 3 aromatic rings. The van der Waals surface area contributed by atoms with Crippen LogP contribution in [0.1, 0.15) is 26.5 Å². The molecule has 0 aliphatic rings. The number of carbonyl (C=O) groups is 1. The maximum Gasteiger partial charge on any atom is 0.432 e. The Kier molecular flexibility index (Phi) is 5.73. The van der Waals surface area contributed by atoms with Crippen LogP contribution in [0.15, 0.2) is 54.7 Å². The van der Waals surface area contributed by atoms with Gasteiger partial charge in [-0.05, 0) is 57.2 Å². The lowest BCUT2D eigenvalue weighted by Crippen LogP contribution is -2.27. The van der Waals surface area contributed by atoms with Gasteiger partial charge in [0.1, 0.15) is 28.6 Å². The van der Waals surface area contributed by atoms with Crippen LogP contribution >= 0.6 is 0 Å². The molecule has 0 fully saturated rings. The minimum atomic E-state index is -4.49. The van der Waals surface area contributed by atoms with E-state index in [0.29, 0.717) is 22.7 Å². The molecule has 30 heavy (non-hydrogen) atoms. The first kappa shape index (κ1) is 21.2. The first-order valence-corrected chi connectivity index (χ1v) is 9.00. The van der Waals surface area contributed by atoms with E-state index in [-0.39, 0.29) is 5.82 Å². The van der Waals surface area contributed by atoms with Crippen LogP contribution in [0.4, 0.5) is 23.7 Å². The molecule has 0 bridgehead atoms. The van der Waals surface area contributed by atoms with Crippen LogP contribution < -0.4 is 10.1 Å². The van der Waals surface area contributed by atoms with Crippen molar-refractivity contribution in [3.05, 3.63) is 60.4 Å². The Balaban J connectivity index is 1.68. The quantitative estimate of drug-likeness (QED) is 0.525. The molecule has 2 N–H and O–H groups in total. The molecule has 158 valence electrons. The van der Waals surface area contributed by atoms with Crippen LogP contribution in [0.5, 0.6) is 11.5 Å². The van der Waals surface area contributed by atoms with E-state index in [1.54, 1.807) is 69.3 Å². The summed E-state index contributed by atoms with van der Waals surface area (Å²) >= 11 is 0. The number of ether oxygens (including phenoxy) is 2. The summed E-state index contributed by atoms with van der Waals surface area (Å²) in [6.07, 6.45) is -4.31. The van der Waals surface area contributed by atoms with Crippen LogP contribution in [0.2, 0.25) is 0 Å². The number of benzene rings is 2. The number of imidazole rings is 1. The van der Waals surface area contributed by atoms with Gasteiger partial charge in [0, 0.05) is 11.3 Å². The molecule has 1 heterocycles. The highest BCUT2D eigenvalue weighted by atomic mass is 19.4. The average molecular weight is 419 g/mol.